The van der Waals surface area contributed by atoms with Gasteiger partial charge in [0.1, 0.15) is 11.6 Å². The van der Waals surface area contributed by atoms with Gasteiger partial charge in [-0.3, -0.25) is 19.1 Å². The Kier molecular flexibility index (Phi) is 6.56. The van der Waals surface area contributed by atoms with Crippen LogP contribution in [0.25, 0.3) is 16.6 Å². The predicted molar refractivity (Wildman–Crippen MR) is 125 cm³/mol. The lowest BCUT2D eigenvalue weighted by Gasteiger charge is -2.19. The SMILES string of the molecule is Cc1ccc(-n2c([C@@H](C)CC(=O)Cc3ccc(F)c(C(F)(F)F)c3)cc3ncccc3c2=O)cc1. The van der Waals surface area contributed by atoms with Crippen molar-refractivity contribution in [2.45, 2.75) is 38.8 Å². The van der Waals surface area contributed by atoms with E-state index < -0.39 is 23.5 Å². The number of fused-ring (bicyclic) bond motifs is 1. The van der Waals surface area contributed by atoms with Crippen LogP contribution >= 0.6 is 0 Å². The van der Waals surface area contributed by atoms with E-state index in [1.54, 1.807) is 35.9 Å². The first-order valence-electron chi connectivity index (χ1n) is 11.0. The summed E-state index contributed by atoms with van der Waals surface area (Å²) >= 11 is 0. The lowest BCUT2D eigenvalue weighted by molar-refractivity contribution is -0.140. The van der Waals surface area contributed by atoms with Gasteiger partial charge in [0.05, 0.1) is 16.5 Å². The molecule has 0 saturated heterocycles. The molecule has 2 aromatic heterocycles. The van der Waals surface area contributed by atoms with Gasteiger partial charge >= 0.3 is 6.18 Å². The van der Waals surface area contributed by atoms with Crippen molar-refractivity contribution in [2.75, 3.05) is 0 Å². The van der Waals surface area contributed by atoms with Crippen LogP contribution in [0.2, 0.25) is 0 Å². The number of benzene rings is 2. The van der Waals surface area contributed by atoms with Crippen molar-refractivity contribution >= 4 is 16.7 Å². The van der Waals surface area contributed by atoms with E-state index in [0.29, 0.717) is 28.4 Å². The molecule has 0 saturated carbocycles. The first-order chi connectivity index (χ1) is 16.5. The number of carbonyl (C=O) groups is 1. The maximum Gasteiger partial charge on any atom is 0.419 e. The summed E-state index contributed by atoms with van der Waals surface area (Å²) in [7, 11) is 0. The standard InChI is InChI=1S/C27H22F4N2O2/c1-16-5-8-19(9-6-16)33-25(15-24-21(26(33)35)4-3-11-32-24)17(2)12-20(34)13-18-7-10-23(28)22(14-18)27(29,30)31/h3-11,14-15,17H,12-13H2,1-2H3/t17-/m0/s1. The fourth-order valence-corrected chi connectivity index (χ4v) is 4.12. The number of rotatable bonds is 6. The number of halogens is 4. The highest BCUT2D eigenvalue weighted by molar-refractivity contribution is 5.82. The van der Waals surface area contributed by atoms with Gasteiger partial charge in [-0.1, -0.05) is 30.7 Å². The molecule has 2 aromatic carbocycles. The highest BCUT2D eigenvalue weighted by Crippen LogP contribution is 2.32. The summed E-state index contributed by atoms with van der Waals surface area (Å²) in [5.74, 6) is -2.15. The van der Waals surface area contributed by atoms with Crippen molar-refractivity contribution in [3.63, 3.8) is 0 Å². The number of aryl methyl sites for hydroxylation is 1. The Morgan fingerprint density at radius 3 is 2.46 bits per heavy atom. The highest BCUT2D eigenvalue weighted by atomic mass is 19.4. The molecule has 0 spiro atoms. The van der Waals surface area contributed by atoms with Gasteiger partial charge in [0.2, 0.25) is 0 Å². The van der Waals surface area contributed by atoms with Crippen LogP contribution < -0.4 is 5.56 Å². The molecule has 0 unspecified atom stereocenters. The Balaban J connectivity index is 1.68. The van der Waals surface area contributed by atoms with Gasteiger partial charge in [-0.05, 0) is 55.0 Å². The smallest absolute Gasteiger partial charge is 0.299 e. The third-order valence-corrected chi connectivity index (χ3v) is 5.88. The molecule has 0 radical (unpaired) electrons. The number of Topliss-reactive ketones (excluding diaryl/α,β-unsaturated/α-hetero) is 1. The van der Waals surface area contributed by atoms with Crippen molar-refractivity contribution in [3.8, 4) is 5.69 Å². The van der Waals surface area contributed by atoms with Gasteiger partial charge < -0.3 is 0 Å². The van der Waals surface area contributed by atoms with Gasteiger partial charge in [0.25, 0.3) is 5.56 Å². The number of hydrogen-bond acceptors (Lipinski definition) is 3. The van der Waals surface area contributed by atoms with Crippen LogP contribution in [0.15, 0.2) is 71.7 Å². The first-order valence-corrected chi connectivity index (χ1v) is 11.0. The molecule has 2 heterocycles. The van der Waals surface area contributed by atoms with E-state index >= 15 is 0 Å². The van der Waals surface area contributed by atoms with Crippen molar-refractivity contribution in [3.05, 3.63) is 105 Å². The lowest BCUT2D eigenvalue weighted by atomic mass is 9.95. The quantitative estimate of drug-likeness (QED) is 0.310. The molecule has 35 heavy (non-hydrogen) atoms. The summed E-state index contributed by atoms with van der Waals surface area (Å²) in [6.45, 7) is 3.71. The summed E-state index contributed by atoms with van der Waals surface area (Å²) in [6.07, 6.45) is -3.58. The minimum Gasteiger partial charge on any atom is -0.299 e. The van der Waals surface area contributed by atoms with E-state index in [2.05, 4.69) is 4.98 Å². The Morgan fingerprint density at radius 2 is 1.77 bits per heavy atom. The fraction of sp³-hybridized carbons (Fsp3) is 0.222. The summed E-state index contributed by atoms with van der Waals surface area (Å²) in [5.41, 5.74) is 1.11. The summed E-state index contributed by atoms with van der Waals surface area (Å²) in [4.78, 5) is 30.5. The van der Waals surface area contributed by atoms with Crippen LogP contribution in [0.1, 0.15) is 41.6 Å². The lowest BCUT2D eigenvalue weighted by Crippen LogP contribution is -2.24. The monoisotopic (exact) mass is 482 g/mol. The average molecular weight is 482 g/mol. The molecule has 180 valence electrons. The number of ketones is 1. The number of aromatic nitrogens is 2. The molecule has 0 aliphatic heterocycles. The second kappa shape index (κ2) is 9.44. The van der Waals surface area contributed by atoms with Crippen molar-refractivity contribution in [1.82, 2.24) is 9.55 Å². The summed E-state index contributed by atoms with van der Waals surface area (Å²) in [5, 5.41) is 0.432. The largest absolute Gasteiger partial charge is 0.419 e. The van der Waals surface area contributed by atoms with Gasteiger partial charge in [0, 0.05) is 36.3 Å². The molecule has 8 heteroatoms. The van der Waals surface area contributed by atoms with E-state index in [0.717, 1.165) is 11.6 Å². The highest BCUT2D eigenvalue weighted by Gasteiger charge is 2.34. The molecule has 0 fully saturated rings. The van der Waals surface area contributed by atoms with Crippen LogP contribution in [0.5, 0.6) is 0 Å². The second-order valence-electron chi connectivity index (χ2n) is 8.61. The number of hydrogen-bond donors (Lipinski definition) is 0. The van der Waals surface area contributed by atoms with Crippen LogP contribution in [0.4, 0.5) is 17.6 Å². The van der Waals surface area contributed by atoms with Crippen LogP contribution in [0, 0.1) is 12.7 Å². The Bertz CT molecular complexity index is 1460. The van der Waals surface area contributed by atoms with Crippen LogP contribution in [-0.4, -0.2) is 15.3 Å². The maximum absolute atomic E-state index is 13.6. The predicted octanol–water partition coefficient (Wildman–Crippen LogP) is 6.16. The topological polar surface area (TPSA) is 52.0 Å². The summed E-state index contributed by atoms with van der Waals surface area (Å²) < 4.78 is 54.2. The molecule has 0 N–H and O–H groups in total. The zero-order chi connectivity index (χ0) is 25.3. The summed E-state index contributed by atoms with van der Waals surface area (Å²) in [6, 6.07) is 15.1. The van der Waals surface area contributed by atoms with Crippen molar-refractivity contribution < 1.29 is 22.4 Å². The van der Waals surface area contributed by atoms with E-state index in [1.807, 2.05) is 31.2 Å². The minimum atomic E-state index is -4.85. The zero-order valence-corrected chi connectivity index (χ0v) is 19.1. The molecule has 4 nitrogen and oxygen atoms in total. The molecular weight excluding hydrogens is 460 g/mol. The van der Waals surface area contributed by atoms with Crippen LogP contribution in [0.3, 0.4) is 0 Å². The molecule has 1 atom stereocenters. The van der Waals surface area contributed by atoms with Gasteiger partial charge in [0.15, 0.2) is 0 Å². The number of carbonyl (C=O) groups excluding carboxylic acids is 1. The van der Waals surface area contributed by atoms with Crippen molar-refractivity contribution in [1.29, 1.82) is 0 Å². The molecular formula is C27H22F4N2O2. The molecule has 4 rings (SSSR count). The number of nitrogens with zero attached hydrogens (tertiary/aromatic N) is 2. The molecule has 0 aliphatic rings. The van der Waals surface area contributed by atoms with Gasteiger partial charge in [-0.2, -0.15) is 13.2 Å². The maximum atomic E-state index is 13.6. The average Bonchev–Trinajstić information content (AvgIpc) is 2.80. The molecule has 4 aromatic rings. The molecule has 0 aliphatic carbocycles. The van der Waals surface area contributed by atoms with E-state index in [1.165, 1.54) is 6.07 Å². The number of alkyl halides is 3. The van der Waals surface area contributed by atoms with E-state index in [-0.39, 0.29) is 29.7 Å². The second-order valence-corrected chi connectivity index (χ2v) is 8.61. The number of pyridine rings is 2. The third kappa shape index (κ3) is 5.16. The van der Waals surface area contributed by atoms with E-state index in [9.17, 15) is 27.2 Å². The van der Waals surface area contributed by atoms with Gasteiger partial charge in [-0.15, -0.1) is 0 Å². The van der Waals surface area contributed by atoms with Crippen LogP contribution in [-0.2, 0) is 17.4 Å². The Morgan fingerprint density at radius 1 is 1.06 bits per heavy atom. The fourth-order valence-electron chi connectivity index (χ4n) is 4.12. The first kappa shape index (κ1) is 24.3. The molecule has 0 amide bonds. The molecule has 0 bridgehead atoms. The van der Waals surface area contributed by atoms with Crippen molar-refractivity contribution in [2.24, 2.45) is 0 Å². The Hall–Kier alpha value is -3.81. The normalized spacial score (nSPS) is 12.6. The van der Waals surface area contributed by atoms with E-state index in [4.69, 9.17) is 0 Å². The third-order valence-electron chi connectivity index (χ3n) is 5.88. The Labute approximate surface area is 198 Å². The minimum absolute atomic E-state index is 0.0254. The zero-order valence-electron chi connectivity index (χ0n) is 19.1. The van der Waals surface area contributed by atoms with Gasteiger partial charge in [-0.25, -0.2) is 4.39 Å².